The average molecular weight is 884 g/mol. The van der Waals surface area contributed by atoms with Crippen LogP contribution in [0.1, 0.15) is 76.3 Å². The molecule has 0 spiro atoms. The summed E-state index contributed by atoms with van der Waals surface area (Å²) in [4.78, 5) is 97.5. The number of nitrogens with zero attached hydrogens (tertiary/aromatic N) is 1. The van der Waals surface area contributed by atoms with E-state index in [2.05, 4.69) is 31.9 Å². The predicted molar refractivity (Wildman–Crippen MR) is 241 cm³/mol. The lowest BCUT2D eigenvalue weighted by Crippen LogP contribution is -2.60. The molecule has 15 nitrogen and oxygen atoms in total. The zero-order valence-electron chi connectivity index (χ0n) is 36.1. The van der Waals surface area contributed by atoms with E-state index < -0.39 is 83.7 Å². The van der Waals surface area contributed by atoms with Gasteiger partial charge in [-0.25, -0.2) is 9.59 Å². The van der Waals surface area contributed by atoms with Gasteiger partial charge < -0.3 is 41.9 Å². The van der Waals surface area contributed by atoms with Crippen LogP contribution in [-0.2, 0) is 41.6 Å². The third-order valence-electron chi connectivity index (χ3n) is 10.9. The fraction of sp³-hybridized carbons (Fsp3) is 0.568. The van der Waals surface area contributed by atoms with Crippen LogP contribution in [0.25, 0.3) is 0 Å². The Bertz CT molecular complexity index is 1720. The van der Waals surface area contributed by atoms with E-state index >= 15 is 0 Å². The Morgan fingerprint density at radius 2 is 1.30 bits per heavy atom. The molecule has 7 unspecified atom stereocenters. The van der Waals surface area contributed by atoms with Crippen LogP contribution < -0.4 is 31.9 Å². The minimum absolute atomic E-state index is 0.103. The summed E-state index contributed by atoms with van der Waals surface area (Å²) in [7, 11) is 1.53. The molecule has 1 aliphatic heterocycles. The van der Waals surface area contributed by atoms with Crippen molar-refractivity contribution in [3.05, 3.63) is 71.8 Å². The van der Waals surface area contributed by atoms with Crippen LogP contribution in [0.4, 0.5) is 4.79 Å². The molecule has 1 fully saturated rings. The number of urea groups is 1. The largest absolute Gasteiger partial charge is 0.480 e. The number of thioether (sulfide) groups is 2. The van der Waals surface area contributed by atoms with Crippen LogP contribution in [-0.4, -0.2) is 125 Å². The van der Waals surface area contributed by atoms with Crippen molar-refractivity contribution >= 4 is 65.1 Å². The number of carbonyl (C=O) groups excluding carboxylic acids is 6. The Labute approximate surface area is 368 Å². The number of hydrogen-bond acceptors (Lipinski definition) is 9. The smallest absolute Gasteiger partial charge is 0.326 e. The maximum atomic E-state index is 14.7. The fourth-order valence-electron chi connectivity index (χ4n) is 6.98. The van der Waals surface area contributed by atoms with Crippen LogP contribution in [0, 0.1) is 5.92 Å². The van der Waals surface area contributed by atoms with Crippen molar-refractivity contribution in [2.24, 2.45) is 5.92 Å². The van der Waals surface area contributed by atoms with Crippen LogP contribution in [0.5, 0.6) is 0 Å². The minimum atomic E-state index is -1.21. The monoisotopic (exact) mass is 883 g/mol. The zero-order valence-corrected chi connectivity index (χ0v) is 37.7. The number of nitrogens with one attached hydrogen (secondary N) is 6. The molecule has 7 N–H and O–H groups in total. The van der Waals surface area contributed by atoms with Gasteiger partial charge in [-0.3, -0.25) is 24.0 Å². The highest BCUT2D eigenvalue weighted by Gasteiger charge is 2.36. The summed E-state index contributed by atoms with van der Waals surface area (Å²) >= 11 is 3.00. The molecular weight excluding hydrogens is 819 g/mol. The van der Waals surface area contributed by atoms with Crippen molar-refractivity contribution in [3.63, 3.8) is 0 Å². The van der Waals surface area contributed by atoms with Gasteiger partial charge in [0, 0.05) is 13.6 Å². The average Bonchev–Trinajstić information content (AvgIpc) is 3.25. The number of likely N-dealkylation sites (N-methyl/N-ethyl adjacent to an activating group) is 1. The van der Waals surface area contributed by atoms with Crippen LogP contribution in [0.2, 0.25) is 0 Å². The Hall–Kier alpha value is -4.77. The number of amides is 7. The predicted octanol–water partition coefficient (Wildman–Crippen LogP) is 3.51. The molecule has 1 saturated heterocycles. The van der Waals surface area contributed by atoms with Gasteiger partial charge in [0.1, 0.15) is 36.3 Å². The van der Waals surface area contributed by atoms with E-state index in [-0.39, 0.29) is 32.2 Å². The molecule has 0 bridgehead atoms. The highest BCUT2D eigenvalue weighted by atomic mass is 32.2. The number of carboxylic acids is 1. The molecule has 2 aromatic rings. The highest BCUT2D eigenvalue weighted by Crippen LogP contribution is 2.16. The van der Waals surface area contributed by atoms with Gasteiger partial charge >= 0.3 is 12.0 Å². The van der Waals surface area contributed by atoms with Gasteiger partial charge in [0.05, 0.1) is 0 Å². The Kier molecular flexibility index (Phi) is 22.6. The van der Waals surface area contributed by atoms with Crippen LogP contribution in [0.15, 0.2) is 60.7 Å². The number of carboxylic acid groups (broad SMARTS) is 1. The topological polar surface area (TPSA) is 215 Å². The summed E-state index contributed by atoms with van der Waals surface area (Å²) in [5.41, 5.74) is 1.90. The zero-order chi connectivity index (χ0) is 44.7. The van der Waals surface area contributed by atoms with Gasteiger partial charge in [0.25, 0.3) is 0 Å². The van der Waals surface area contributed by atoms with Gasteiger partial charge in [-0.2, -0.15) is 23.5 Å². The van der Waals surface area contributed by atoms with Gasteiger partial charge in [-0.05, 0) is 98.8 Å². The summed E-state index contributed by atoms with van der Waals surface area (Å²) in [5, 5.41) is 26.4. The molecule has 0 saturated carbocycles. The molecule has 0 aromatic heterocycles. The SMILES string of the molecule is CCC(C)C(NC(=O)NC1CCCCNC(=O)C(CCSC)NC(=O)C(CCc2ccccc2)N(C)C(=O)C(CCc2ccccc2)NC(=O)C(CCSC)NC1=O)C(=O)O. The molecular formula is C44H65N7O8S2. The maximum absolute atomic E-state index is 14.7. The van der Waals surface area contributed by atoms with Crippen LogP contribution >= 0.6 is 23.5 Å². The summed E-state index contributed by atoms with van der Waals surface area (Å²) in [6.45, 7) is 3.71. The fourth-order valence-corrected chi connectivity index (χ4v) is 7.93. The quantitative estimate of drug-likeness (QED) is 0.123. The molecule has 17 heteroatoms. The number of benzene rings is 2. The lowest BCUT2D eigenvalue weighted by molar-refractivity contribution is -0.143. The second kappa shape index (κ2) is 27.2. The molecule has 61 heavy (non-hydrogen) atoms. The summed E-state index contributed by atoms with van der Waals surface area (Å²) in [5.74, 6) is -3.21. The minimum Gasteiger partial charge on any atom is -0.480 e. The number of rotatable bonds is 17. The number of aryl methyl sites for hydroxylation is 2. The van der Waals surface area contributed by atoms with Crippen LogP contribution in [0.3, 0.4) is 0 Å². The third kappa shape index (κ3) is 17.3. The van der Waals surface area contributed by atoms with Gasteiger partial charge in [0.15, 0.2) is 0 Å². The second-order valence-corrected chi connectivity index (χ2v) is 17.4. The summed E-state index contributed by atoms with van der Waals surface area (Å²) in [6.07, 6.45) is 6.96. The lowest BCUT2D eigenvalue weighted by atomic mass is 9.99. The molecule has 0 radical (unpaired) electrons. The van der Waals surface area contributed by atoms with Crippen molar-refractivity contribution < 1.29 is 38.7 Å². The normalized spacial score (nSPS) is 22.2. The first-order valence-corrected chi connectivity index (χ1v) is 23.9. The first-order chi connectivity index (χ1) is 29.3. The number of aliphatic carboxylic acids is 1. The highest BCUT2D eigenvalue weighted by molar-refractivity contribution is 7.98. The van der Waals surface area contributed by atoms with Gasteiger partial charge in [0.2, 0.25) is 29.5 Å². The van der Waals surface area contributed by atoms with E-state index in [0.29, 0.717) is 50.0 Å². The first kappa shape index (κ1) is 50.6. The first-order valence-electron chi connectivity index (χ1n) is 21.1. The standard InChI is InChI=1S/C44H65N7O8S2/c1-6-29(2)37(43(57)58)50-44(59)49-32-19-13-14-26-45-38(52)33(24-27-60-4)47-41(55)36(23-21-31-17-11-8-12-18-31)51(3)42(56)35(22-20-30-15-9-7-10-16-30)48-40(54)34(25-28-61-5)46-39(32)53/h7-12,15-18,29,32-37H,6,13-14,19-28H2,1-5H3,(H,45,52)(H,46,53)(H,47,55)(H,48,54)(H,57,58)(H2,49,50,59). The van der Waals surface area contributed by atoms with Gasteiger partial charge in [-0.15, -0.1) is 0 Å². The van der Waals surface area contributed by atoms with Crippen molar-refractivity contribution in [1.82, 2.24) is 36.8 Å². The van der Waals surface area contributed by atoms with Crippen molar-refractivity contribution in [2.75, 3.05) is 37.6 Å². The van der Waals surface area contributed by atoms with Crippen molar-refractivity contribution in [2.45, 2.75) is 114 Å². The second-order valence-electron chi connectivity index (χ2n) is 15.4. The summed E-state index contributed by atoms with van der Waals surface area (Å²) in [6, 6.07) is 11.7. The van der Waals surface area contributed by atoms with E-state index in [1.807, 2.05) is 73.2 Å². The van der Waals surface area contributed by atoms with E-state index in [4.69, 9.17) is 0 Å². The van der Waals surface area contributed by atoms with Gasteiger partial charge in [-0.1, -0.05) is 80.9 Å². The Morgan fingerprint density at radius 3 is 1.85 bits per heavy atom. The third-order valence-corrected chi connectivity index (χ3v) is 12.2. The molecule has 336 valence electrons. The molecule has 2 aromatic carbocycles. The van der Waals surface area contributed by atoms with E-state index in [1.165, 1.54) is 35.5 Å². The number of carbonyl (C=O) groups is 7. The molecule has 1 heterocycles. The molecule has 1 aliphatic rings. The van der Waals surface area contributed by atoms with Crippen molar-refractivity contribution in [3.8, 4) is 0 Å². The molecule has 7 amide bonds. The molecule has 0 aliphatic carbocycles. The molecule has 7 atom stereocenters. The number of hydrogen-bond donors (Lipinski definition) is 7. The maximum Gasteiger partial charge on any atom is 0.326 e. The molecule has 3 rings (SSSR count). The lowest BCUT2D eigenvalue weighted by Gasteiger charge is -2.33. The van der Waals surface area contributed by atoms with Crippen molar-refractivity contribution in [1.29, 1.82) is 0 Å². The van der Waals surface area contributed by atoms with E-state index in [9.17, 15) is 38.7 Å². The Balaban J connectivity index is 2.04. The van der Waals surface area contributed by atoms with E-state index in [0.717, 1.165) is 11.1 Å². The van der Waals surface area contributed by atoms with E-state index in [1.54, 1.807) is 13.8 Å². The summed E-state index contributed by atoms with van der Waals surface area (Å²) < 4.78 is 0. The Morgan fingerprint density at radius 1 is 0.754 bits per heavy atom.